The minimum Gasteiger partial charge on any atom is -1.00 e. The number of ether oxygens (including phenoxy) is 1. The van der Waals surface area contributed by atoms with Gasteiger partial charge >= 0.3 is 5.97 Å². The Hall–Kier alpha value is -0.0900. The lowest BCUT2D eigenvalue weighted by atomic mass is 10.1. The molecule has 0 amide bonds. The van der Waals surface area contributed by atoms with Crippen LogP contribution in [0.25, 0.3) is 0 Å². The third kappa shape index (κ3) is 9.14. The molecule has 22 heavy (non-hydrogen) atoms. The molecule has 0 spiro atoms. The highest BCUT2D eigenvalue weighted by Crippen LogP contribution is 2.16. The first-order valence-corrected chi connectivity index (χ1v) is 9.11. The summed E-state index contributed by atoms with van der Waals surface area (Å²) in [7, 11) is 0. The van der Waals surface area contributed by atoms with E-state index in [1.807, 2.05) is 6.92 Å². The topological polar surface area (TPSA) is 26.3 Å². The van der Waals surface area contributed by atoms with E-state index in [0.717, 1.165) is 37.0 Å². The average molecular weight is 380 g/mol. The zero-order valence-corrected chi connectivity index (χ0v) is 17.1. The van der Waals surface area contributed by atoms with Crippen LogP contribution in [0.2, 0.25) is 0 Å². The van der Waals surface area contributed by atoms with Gasteiger partial charge in [0.2, 0.25) is 6.23 Å². The molecule has 0 aliphatic carbocycles. The minimum atomic E-state index is -0.0259. The SMILES string of the molecule is CCCCCCCCCC(=O)OC(C)[N+](CC)(CC)CC.[Br-]. The van der Waals surface area contributed by atoms with Gasteiger partial charge in [-0.15, -0.1) is 0 Å². The molecule has 0 rings (SSSR count). The molecule has 0 radical (unpaired) electrons. The molecule has 1 unspecified atom stereocenters. The van der Waals surface area contributed by atoms with Gasteiger partial charge in [-0.05, 0) is 27.2 Å². The maximum Gasteiger partial charge on any atom is 0.310 e. The van der Waals surface area contributed by atoms with Crippen LogP contribution in [-0.2, 0) is 9.53 Å². The van der Waals surface area contributed by atoms with E-state index in [1.54, 1.807) is 0 Å². The van der Waals surface area contributed by atoms with Crippen molar-refractivity contribution in [2.75, 3.05) is 19.6 Å². The smallest absolute Gasteiger partial charge is 0.310 e. The molecule has 4 heteroatoms. The fraction of sp³-hybridized carbons (Fsp3) is 0.944. The van der Waals surface area contributed by atoms with Crippen LogP contribution in [0.5, 0.6) is 0 Å². The Kier molecular flexibility index (Phi) is 15.9. The van der Waals surface area contributed by atoms with Crippen LogP contribution < -0.4 is 17.0 Å². The van der Waals surface area contributed by atoms with Gasteiger partial charge in [0.15, 0.2) is 0 Å². The number of quaternary nitrogens is 1. The van der Waals surface area contributed by atoms with Crippen molar-refractivity contribution in [3.8, 4) is 0 Å². The number of rotatable bonds is 13. The number of halogens is 1. The second kappa shape index (κ2) is 14.5. The van der Waals surface area contributed by atoms with Crippen LogP contribution in [0.15, 0.2) is 0 Å². The van der Waals surface area contributed by atoms with Gasteiger partial charge < -0.3 is 21.7 Å². The fourth-order valence-corrected chi connectivity index (χ4v) is 3.03. The number of unbranched alkanes of at least 4 members (excludes halogenated alkanes) is 6. The number of carbonyl (C=O) groups is 1. The molecule has 0 aliphatic heterocycles. The first-order chi connectivity index (χ1) is 10.1. The normalized spacial score (nSPS) is 12.6. The second-order valence-electron chi connectivity index (χ2n) is 6.13. The van der Waals surface area contributed by atoms with Crippen molar-refractivity contribution in [2.24, 2.45) is 0 Å². The number of nitrogens with zero attached hydrogens (tertiary/aromatic N) is 1. The summed E-state index contributed by atoms with van der Waals surface area (Å²) in [5.74, 6) is -0.0195. The Morgan fingerprint density at radius 3 is 1.77 bits per heavy atom. The first kappa shape index (κ1) is 24.2. The third-order valence-corrected chi connectivity index (χ3v) is 4.95. The predicted molar refractivity (Wildman–Crippen MR) is 90.0 cm³/mol. The molecule has 0 saturated heterocycles. The Bertz CT molecular complexity index is 260. The third-order valence-electron chi connectivity index (χ3n) is 4.95. The minimum absolute atomic E-state index is 0. The molecule has 0 aromatic heterocycles. The van der Waals surface area contributed by atoms with Gasteiger partial charge in [-0.25, -0.2) is 0 Å². The first-order valence-electron chi connectivity index (χ1n) is 9.11. The lowest BCUT2D eigenvalue weighted by Crippen LogP contribution is -3.00. The summed E-state index contributed by atoms with van der Waals surface area (Å²) in [4.78, 5) is 12.0. The molecular formula is C18H38BrNO2. The van der Waals surface area contributed by atoms with Crippen LogP contribution in [0.1, 0.15) is 86.0 Å². The van der Waals surface area contributed by atoms with E-state index in [4.69, 9.17) is 4.74 Å². The largest absolute Gasteiger partial charge is 1.00 e. The lowest BCUT2D eigenvalue weighted by Gasteiger charge is -2.40. The Morgan fingerprint density at radius 1 is 0.864 bits per heavy atom. The van der Waals surface area contributed by atoms with Gasteiger partial charge in [0.1, 0.15) is 0 Å². The average Bonchev–Trinajstić information content (AvgIpc) is 2.48. The summed E-state index contributed by atoms with van der Waals surface area (Å²) in [6.45, 7) is 13.8. The van der Waals surface area contributed by atoms with Gasteiger partial charge in [-0.3, -0.25) is 9.28 Å². The zero-order chi connectivity index (χ0) is 16.1. The van der Waals surface area contributed by atoms with Crippen LogP contribution in [-0.4, -0.2) is 36.3 Å². The van der Waals surface area contributed by atoms with Crippen LogP contribution in [0.4, 0.5) is 0 Å². The Labute approximate surface area is 149 Å². The van der Waals surface area contributed by atoms with E-state index in [0.29, 0.717) is 6.42 Å². The summed E-state index contributed by atoms with van der Waals surface area (Å²) in [6.07, 6.45) is 9.20. The Morgan fingerprint density at radius 2 is 1.32 bits per heavy atom. The maximum atomic E-state index is 12.0. The van der Waals surface area contributed by atoms with Gasteiger partial charge in [0.25, 0.3) is 0 Å². The molecular weight excluding hydrogens is 342 g/mol. The van der Waals surface area contributed by atoms with E-state index in [9.17, 15) is 4.79 Å². The quantitative estimate of drug-likeness (QED) is 0.211. The van der Waals surface area contributed by atoms with E-state index in [1.165, 1.54) is 32.1 Å². The van der Waals surface area contributed by atoms with E-state index in [-0.39, 0.29) is 29.2 Å². The molecule has 0 fully saturated rings. The van der Waals surface area contributed by atoms with Gasteiger partial charge in [0.05, 0.1) is 19.6 Å². The van der Waals surface area contributed by atoms with Crippen LogP contribution in [0, 0.1) is 0 Å². The molecule has 3 nitrogen and oxygen atoms in total. The summed E-state index contributed by atoms with van der Waals surface area (Å²) in [5.41, 5.74) is 0. The number of hydrogen-bond acceptors (Lipinski definition) is 2. The molecule has 134 valence electrons. The van der Waals surface area contributed by atoms with E-state index >= 15 is 0 Å². The van der Waals surface area contributed by atoms with Crippen molar-refractivity contribution in [3.63, 3.8) is 0 Å². The lowest BCUT2D eigenvalue weighted by molar-refractivity contribution is -0.963. The molecule has 0 bridgehead atoms. The summed E-state index contributed by atoms with van der Waals surface area (Å²) >= 11 is 0. The Balaban J connectivity index is 0. The highest BCUT2D eigenvalue weighted by Gasteiger charge is 2.31. The second-order valence-corrected chi connectivity index (χ2v) is 6.13. The molecule has 0 aliphatic rings. The van der Waals surface area contributed by atoms with Crippen molar-refractivity contribution in [1.82, 2.24) is 0 Å². The maximum absolute atomic E-state index is 12.0. The molecule has 1 atom stereocenters. The molecule has 0 saturated carbocycles. The van der Waals surface area contributed by atoms with E-state index in [2.05, 4.69) is 27.7 Å². The summed E-state index contributed by atoms with van der Waals surface area (Å²) < 4.78 is 6.53. The van der Waals surface area contributed by atoms with Crippen molar-refractivity contribution in [1.29, 1.82) is 0 Å². The van der Waals surface area contributed by atoms with Gasteiger partial charge in [-0.2, -0.15) is 0 Å². The highest BCUT2D eigenvalue weighted by atomic mass is 79.9. The van der Waals surface area contributed by atoms with Crippen molar-refractivity contribution in [3.05, 3.63) is 0 Å². The van der Waals surface area contributed by atoms with E-state index < -0.39 is 0 Å². The van der Waals surface area contributed by atoms with Gasteiger partial charge in [-0.1, -0.05) is 45.4 Å². The summed E-state index contributed by atoms with van der Waals surface area (Å²) in [6, 6.07) is 0. The van der Waals surface area contributed by atoms with Gasteiger partial charge in [0, 0.05) is 13.3 Å². The standard InChI is InChI=1S/C18H38NO2.BrH/c1-6-10-11-12-13-14-15-16-18(20)21-17(5)19(7-2,8-3)9-4;/h17H,6-16H2,1-5H3;1H/q+1;/p-1. The van der Waals surface area contributed by atoms with Crippen molar-refractivity contribution in [2.45, 2.75) is 92.2 Å². The molecule has 0 aromatic rings. The van der Waals surface area contributed by atoms with Crippen molar-refractivity contribution >= 4 is 5.97 Å². The molecule has 0 heterocycles. The van der Waals surface area contributed by atoms with Crippen molar-refractivity contribution < 1.29 is 31.0 Å². The van der Waals surface area contributed by atoms with Crippen LogP contribution in [0.3, 0.4) is 0 Å². The number of esters is 1. The number of hydrogen-bond donors (Lipinski definition) is 0. The fourth-order valence-electron chi connectivity index (χ4n) is 3.03. The highest BCUT2D eigenvalue weighted by molar-refractivity contribution is 5.69. The molecule has 0 aromatic carbocycles. The zero-order valence-electron chi connectivity index (χ0n) is 15.5. The number of carbonyl (C=O) groups excluding carboxylic acids is 1. The van der Waals surface area contributed by atoms with Crippen LogP contribution >= 0.6 is 0 Å². The molecule has 0 N–H and O–H groups in total. The summed E-state index contributed by atoms with van der Waals surface area (Å²) in [5, 5.41) is 0. The predicted octanol–water partition coefficient (Wildman–Crippen LogP) is 1.90. The monoisotopic (exact) mass is 379 g/mol.